The topological polar surface area (TPSA) is 45.0 Å². The molecule has 0 unspecified atom stereocenters. The second kappa shape index (κ2) is 5.69. The molecule has 0 saturated heterocycles. The first-order valence-electron chi connectivity index (χ1n) is 4.33. The molecule has 1 aromatic carbocycles. The molecule has 3 nitrogen and oxygen atoms in total. The van der Waals surface area contributed by atoms with Gasteiger partial charge in [-0.2, -0.15) is 5.26 Å². The Kier molecular flexibility index (Phi) is 4.54. The molecule has 0 bridgehead atoms. The van der Waals surface area contributed by atoms with Crippen molar-refractivity contribution in [1.29, 1.82) is 5.26 Å². The first kappa shape index (κ1) is 12.0. The minimum atomic E-state index is 0.376. The van der Waals surface area contributed by atoms with Crippen molar-refractivity contribution in [2.75, 3.05) is 19.0 Å². The van der Waals surface area contributed by atoms with E-state index in [2.05, 4.69) is 5.32 Å². The average molecular weight is 245 g/mol. The Labute approximate surface area is 98.6 Å². The number of anilines is 1. The molecular formula is C10H10Cl2N2O. The Morgan fingerprint density at radius 2 is 2.13 bits per heavy atom. The highest BCUT2D eigenvalue weighted by atomic mass is 35.5. The molecule has 1 rings (SSSR count). The van der Waals surface area contributed by atoms with Crippen LogP contribution < -0.4 is 10.1 Å². The van der Waals surface area contributed by atoms with Crippen LogP contribution in [0.3, 0.4) is 0 Å². The highest BCUT2D eigenvalue weighted by Gasteiger charge is 2.09. The van der Waals surface area contributed by atoms with Gasteiger partial charge in [0.2, 0.25) is 0 Å². The van der Waals surface area contributed by atoms with Crippen molar-refractivity contribution in [2.24, 2.45) is 0 Å². The van der Waals surface area contributed by atoms with Gasteiger partial charge < -0.3 is 10.1 Å². The third-order valence-electron chi connectivity index (χ3n) is 1.82. The summed E-state index contributed by atoms with van der Waals surface area (Å²) in [6, 6.07) is 5.52. The van der Waals surface area contributed by atoms with Gasteiger partial charge in [-0.15, -0.1) is 0 Å². The van der Waals surface area contributed by atoms with Gasteiger partial charge in [-0.1, -0.05) is 23.2 Å². The van der Waals surface area contributed by atoms with Crippen LogP contribution in [0.25, 0.3) is 0 Å². The van der Waals surface area contributed by atoms with Gasteiger partial charge in [0.05, 0.1) is 30.3 Å². The molecule has 0 saturated carbocycles. The lowest BCUT2D eigenvalue weighted by atomic mass is 10.3. The first-order valence-corrected chi connectivity index (χ1v) is 5.09. The largest absolute Gasteiger partial charge is 0.495 e. The Hall–Kier alpha value is -1.11. The van der Waals surface area contributed by atoms with Gasteiger partial charge in [-0.05, 0) is 12.1 Å². The van der Waals surface area contributed by atoms with Crippen molar-refractivity contribution in [1.82, 2.24) is 0 Å². The van der Waals surface area contributed by atoms with E-state index in [1.54, 1.807) is 12.1 Å². The van der Waals surface area contributed by atoms with Crippen LogP contribution in [0.15, 0.2) is 12.1 Å². The Morgan fingerprint density at radius 3 is 2.73 bits per heavy atom. The van der Waals surface area contributed by atoms with Crippen LogP contribution in [0.2, 0.25) is 10.0 Å². The SMILES string of the molecule is COc1ccc(NCCC#N)c(Cl)c1Cl. The van der Waals surface area contributed by atoms with E-state index in [9.17, 15) is 0 Å². The molecule has 0 amide bonds. The van der Waals surface area contributed by atoms with Crippen LogP contribution in [0.5, 0.6) is 5.75 Å². The molecule has 0 aromatic heterocycles. The van der Waals surface area contributed by atoms with Crippen LogP contribution in [0.4, 0.5) is 5.69 Å². The maximum atomic E-state index is 8.38. The average Bonchev–Trinajstić information content (AvgIpc) is 2.25. The van der Waals surface area contributed by atoms with E-state index in [1.165, 1.54) is 7.11 Å². The van der Waals surface area contributed by atoms with Gasteiger partial charge in [0.15, 0.2) is 0 Å². The first-order chi connectivity index (χ1) is 7.20. The minimum Gasteiger partial charge on any atom is -0.495 e. The van der Waals surface area contributed by atoms with E-state index in [0.29, 0.717) is 34.4 Å². The predicted octanol–water partition coefficient (Wildman–Crippen LogP) is 3.33. The second-order valence-electron chi connectivity index (χ2n) is 2.78. The molecule has 5 heteroatoms. The minimum absolute atomic E-state index is 0.376. The molecule has 0 heterocycles. The van der Waals surface area contributed by atoms with E-state index in [0.717, 1.165) is 0 Å². The van der Waals surface area contributed by atoms with E-state index in [-0.39, 0.29) is 0 Å². The van der Waals surface area contributed by atoms with Crippen molar-refractivity contribution in [3.8, 4) is 11.8 Å². The Morgan fingerprint density at radius 1 is 1.40 bits per heavy atom. The summed E-state index contributed by atoms with van der Waals surface area (Å²) in [5, 5.41) is 12.2. The summed E-state index contributed by atoms with van der Waals surface area (Å²) in [7, 11) is 1.53. The summed E-state index contributed by atoms with van der Waals surface area (Å²) in [6.45, 7) is 0.541. The van der Waals surface area contributed by atoms with E-state index < -0.39 is 0 Å². The fraction of sp³-hybridized carbons (Fsp3) is 0.300. The number of rotatable bonds is 4. The van der Waals surface area contributed by atoms with Gasteiger partial charge >= 0.3 is 0 Å². The quantitative estimate of drug-likeness (QED) is 0.827. The highest BCUT2D eigenvalue weighted by Crippen LogP contribution is 2.37. The van der Waals surface area contributed by atoms with Gasteiger partial charge in [-0.25, -0.2) is 0 Å². The molecule has 0 radical (unpaired) electrons. The molecule has 0 atom stereocenters. The maximum Gasteiger partial charge on any atom is 0.139 e. The molecule has 1 aromatic rings. The molecular weight excluding hydrogens is 235 g/mol. The normalized spacial score (nSPS) is 9.47. The van der Waals surface area contributed by atoms with E-state index in [1.807, 2.05) is 6.07 Å². The van der Waals surface area contributed by atoms with Gasteiger partial charge in [0.1, 0.15) is 10.8 Å². The number of hydrogen-bond donors (Lipinski definition) is 1. The zero-order valence-electron chi connectivity index (χ0n) is 8.18. The third-order valence-corrected chi connectivity index (χ3v) is 2.68. The van der Waals surface area contributed by atoms with E-state index in [4.69, 9.17) is 33.2 Å². The Bertz CT molecular complexity index is 388. The van der Waals surface area contributed by atoms with Crippen LogP contribution in [0.1, 0.15) is 6.42 Å². The highest BCUT2D eigenvalue weighted by molar-refractivity contribution is 6.44. The summed E-state index contributed by atoms with van der Waals surface area (Å²) < 4.78 is 5.01. The molecule has 80 valence electrons. The smallest absolute Gasteiger partial charge is 0.139 e. The van der Waals surface area contributed by atoms with Gasteiger partial charge in [-0.3, -0.25) is 0 Å². The number of hydrogen-bond acceptors (Lipinski definition) is 3. The van der Waals surface area contributed by atoms with Gasteiger partial charge in [0.25, 0.3) is 0 Å². The predicted molar refractivity (Wildman–Crippen MR) is 61.7 cm³/mol. The number of nitriles is 1. The molecule has 0 aliphatic carbocycles. The molecule has 1 N–H and O–H groups in total. The monoisotopic (exact) mass is 244 g/mol. The molecule has 0 aliphatic heterocycles. The summed E-state index contributed by atoms with van der Waals surface area (Å²) in [5.41, 5.74) is 0.706. The molecule has 0 aliphatic rings. The van der Waals surface area contributed by atoms with Crippen LogP contribution >= 0.6 is 23.2 Å². The number of ether oxygens (including phenoxy) is 1. The molecule has 15 heavy (non-hydrogen) atoms. The zero-order valence-corrected chi connectivity index (χ0v) is 9.69. The lowest BCUT2D eigenvalue weighted by Crippen LogP contribution is -2.01. The summed E-state index contributed by atoms with van der Waals surface area (Å²) in [5.74, 6) is 0.535. The van der Waals surface area contributed by atoms with E-state index >= 15 is 0 Å². The third kappa shape index (κ3) is 2.92. The lowest BCUT2D eigenvalue weighted by molar-refractivity contribution is 0.415. The van der Waals surface area contributed by atoms with Gasteiger partial charge in [0, 0.05) is 6.54 Å². The van der Waals surface area contributed by atoms with Crippen molar-refractivity contribution < 1.29 is 4.74 Å². The number of nitrogens with one attached hydrogen (secondary N) is 1. The van der Waals surface area contributed by atoms with Crippen molar-refractivity contribution in [3.05, 3.63) is 22.2 Å². The summed E-state index contributed by atoms with van der Waals surface area (Å²) in [6.07, 6.45) is 0.417. The fourth-order valence-electron chi connectivity index (χ4n) is 1.08. The van der Waals surface area contributed by atoms with Crippen LogP contribution in [0, 0.1) is 11.3 Å². The molecule has 0 spiro atoms. The Balaban J connectivity index is 2.83. The number of methoxy groups -OCH3 is 1. The number of halogens is 2. The standard InChI is InChI=1S/C10H10Cl2N2O/c1-15-8-4-3-7(9(11)10(8)12)14-6-2-5-13/h3-4,14H,2,6H2,1H3. The molecule has 0 fully saturated rings. The summed E-state index contributed by atoms with van der Waals surface area (Å²) in [4.78, 5) is 0. The zero-order chi connectivity index (χ0) is 11.3. The second-order valence-corrected chi connectivity index (χ2v) is 3.53. The lowest BCUT2D eigenvalue weighted by Gasteiger charge is -2.10. The fourth-order valence-corrected chi connectivity index (χ4v) is 1.54. The van der Waals surface area contributed by atoms with Crippen LogP contribution in [-0.4, -0.2) is 13.7 Å². The van der Waals surface area contributed by atoms with Crippen molar-refractivity contribution >= 4 is 28.9 Å². The number of benzene rings is 1. The van der Waals surface area contributed by atoms with Crippen molar-refractivity contribution in [3.63, 3.8) is 0 Å². The van der Waals surface area contributed by atoms with Crippen LogP contribution in [-0.2, 0) is 0 Å². The number of nitrogens with zero attached hydrogens (tertiary/aromatic N) is 1. The summed E-state index contributed by atoms with van der Waals surface area (Å²) >= 11 is 11.9. The maximum absolute atomic E-state index is 8.38. The van der Waals surface area contributed by atoms with Crippen molar-refractivity contribution in [2.45, 2.75) is 6.42 Å².